The highest BCUT2D eigenvalue weighted by Gasteiger charge is 2.18. The minimum Gasteiger partial charge on any atom is -0.320 e. The van der Waals surface area contributed by atoms with E-state index in [0.717, 1.165) is 23.7 Å². The third kappa shape index (κ3) is 2.94. The van der Waals surface area contributed by atoms with Crippen LogP contribution in [0, 0.1) is 0 Å². The molecule has 0 saturated carbocycles. The standard InChI is InChI=1S/C19H18N6/c1-2-25-19-17(22-23-25)18(20-14-21-19)24(16-11-7-4-8-12-16)13-15-9-5-3-6-10-15/h3-12,14H,2,13H2,1H3. The molecule has 4 rings (SSSR count). The highest BCUT2D eigenvalue weighted by molar-refractivity contribution is 5.85. The normalized spacial score (nSPS) is 10.9. The molecular weight excluding hydrogens is 312 g/mol. The molecule has 2 aromatic heterocycles. The largest absolute Gasteiger partial charge is 0.320 e. The summed E-state index contributed by atoms with van der Waals surface area (Å²) >= 11 is 0. The smallest absolute Gasteiger partial charge is 0.183 e. The Kier molecular flexibility index (Phi) is 4.08. The van der Waals surface area contributed by atoms with Gasteiger partial charge in [0.25, 0.3) is 0 Å². The van der Waals surface area contributed by atoms with Crippen LogP contribution >= 0.6 is 0 Å². The van der Waals surface area contributed by atoms with E-state index in [1.807, 2.05) is 43.3 Å². The van der Waals surface area contributed by atoms with E-state index in [4.69, 9.17) is 0 Å². The minimum atomic E-state index is 0.690. The molecule has 0 aliphatic rings. The molecule has 2 aromatic carbocycles. The Labute approximate surface area is 145 Å². The second-order valence-corrected chi connectivity index (χ2v) is 5.68. The van der Waals surface area contributed by atoms with Crippen LogP contribution in [0.4, 0.5) is 11.5 Å². The number of para-hydroxylation sites is 1. The molecule has 0 fully saturated rings. The molecule has 0 spiro atoms. The lowest BCUT2D eigenvalue weighted by molar-refractivity contribution is 0.641. The Hall–Kier alpha value is -3.28. The Bertz CT molecular complexity index is 965. The van der Waals surface area contributed by atoms with Gasteiger partial charge in [-0.15, -0.1) is 5.10 Å². The van der Waals surface area contributed by atoms with Gasteiger partial charge in [0.2, 0.25) is 0 Å². The van der Waals surface area contributed by atoms with E-state index >= 15 is 0 Å². The number of hydrogen-bond donors (Lipinski definition) is 0. The van der Waals surface area contributed by atoms with Crippen LogP contribution in [-0.2, 0) is 13.1 Å². The van der Waals surface area contributed by atoms with Crippen LogP contribution < -0.4 is 4.90 Å². The van der Waals surface area contributed by atoms with Crippen LogP contribution in [-0.4, -0.2) is 25.0 Å². The molecule has 124 valence electrons. The molecule has 25 heavy (non-hydrogen) atoms. The van der Waals surface area contributed by atoms with Crippen molar-refractivity contribution in [2.24, 2.45) is 0 Å². The minimum absolute atomic E-state index is 0.690. The van der Waals surface area contributed by atoms with Gasteiger partial charge < -0.3 is 4.90 Å². The fourth-order valence-electron chi connectivity index (χ4n) is 2.85. The summed E-state index contributed by atoms with van der Waals surface area (Å²) in [5.74, 6) is 0.764. The number of hydrogen-bond acceptors (Lipinski definition) is 5. The zero-order valence-electron chi connectivity index (χ0n) is 13.9. The Balaban J connectivity index is 1.85. The van der Waals surface area contributed by atoms with E-state index in [1.54, 1.807) is 11.0 Å². The predicted octanol–water partition coefficient (Wildman–Crippen LogP) is 3.58. The first-order valence-electron chi connectivity index (χ1n) is 8.27. The fraction of sp³-hybridized carbons (Fsp3) is 0.158. The van der Waals surface area contributed by atoms with Crippen LogP contribution in [0.5, 0.6) is 0 Å². The van der Waals surface area contributed by atoms with Crippen molar-refractivity contribution in [3.8, 4) is 0 Å². The third-order valence-corrected chi connectivity index (χ3v) is 4.09. The second kappa shape index (κ2) is 6.68. The third-order valence-electron chi connectivity index (χ3n) is 4.09. The van der Waals surface area contributed by atoms with Crippen LogP contribution in [0.3, 0.4) is 0 Å². The average molecular weight is 330 g/mol. The number of aromatic nitrogens is 5. The molecule has 0 bridgehead atoms. The lowest BCUT2D eigenvalue weighted by Crippen LogP contribution is -2.18. The van der Waals surface area contributed by atoms with Crippen molar-refractivity contribution < 1.29 is 0 Å². The highest BCUT2D eigenvalue weighted by atomic mass is 15.4. The average Bonchev–Trinajstić information content (AvgIpc) is 3.11. The van der Waals surface area contributed by atoms with Crippen LogP contribution in [0.1, 0.15) is 12.5 Å². The first-order valence-corrected chi connectivity index (χ1v) is 8.27. The number of fused-ring (bicyclic) bond motifs is 1. The molecule has 0 aliphatic carbocycles. The van der Waals surface area contributed by atoms with Crippen LogP contribution in [0.25, 0.3) is 11.2 Å². The summed E-state index contributed by atoms with van der Waals surface area (Å²) in [6, 6.07) is 20.5. The van der Waals surface area contributed by atoms with Gasteiger partial charge in [-0.2, -0.15) is 0 Å². The lowest BCUT2D eigenvalue weighted by atomic mass is 10.2. The zero-order chi connectivity index (χ0) is 17.1. The van der Waals surface area contributed by atoms with Gasteiger partial charge in [-0.1, -0.05) is 53.7 Å². The molecule has 4 aromatic rings. The van der Waals surface area contributed by atoms with Crippen LogP contribution in [0.2, 0.25) is 0 Å². The van der Waals surface area contributed by atoms with Crippen molar-refractivity contribution in [2.45, 2.75) is 20.0 Å². The molecule has 6 heteroatoms. The molecule has 0 saturated heterocycles. The quantitative estimate of drug-likeness (QED) is 0.560. The van der Waals surface area contributed by atoms with Gasteiger partial charge in [-0.25, -0.2) is 14.6 Å². The van der Waals surface area contributed by atoms with E-state index in [1.165, 1.54) is 5.56 Å². The molecule has 0 N–H and O–H groups in total. The summed E-state index contributed by atoms with van der Waals surface area (Å²) in [7, 11) is 0. The van der Waals surface area contributed by atoms with Crippen molar-refractivity contribution in [1.29, 1.82) is 0 Å². The van der Waals surface area contributed by atoms with Gasteiger partial charge in [0.1, 0.15) is 6.33 Å². The summed E-state index contributed by atoms with van der Waals surface area (Å²) in [4.78, 5) is 11.0. The SMILES string of the molecule is CCn1nnc2c(N(Cc3ccccc3)c3ccccc3)ncnc21. The van der Waals surface area contributed by atoms with Crippen molar-refractivity contribution >= 4 is 22.7 Å². The van der Waals surface area contributed by atoms with Crippen molar-refractivity contribution in [2.75, 3.05) is 4.90 Å². The van der Waals surface area contributed by atoms with E-state index in [-0.39, 0.29) is 0 Å². The first kappa shape index (κ1) is 15.3. The van der Waals surface area contributed by atoms with Crippen molar-refractivity contribution in [3.63, 3.8) is 0 Å². The van der Waals surface area contributed by atoms with Gasteiger partial charge in [0.15, 0.2) is 17.0 Å². The number of nitrogens with zero attached hydrogens (tertiary/aromatic N) is 6. The highest BCUT2D eigenvalue weighted by Crippen LogP contribution is 2.29. The summed E-state index contributed by atoms with van der Waals surface area (Å²) in [5, 5.41) is 8.52. The Morgan fingerprint density at radius 1 is 0.920 bits per heavy atom. The topological polar surface area (TPSA) is 59.7 Å². The van der Waals surface area contributed by atoms with Gasteiger partial charge in [-0.3, -0.25) is 0 Å². The van der Waals surface area contributed by atoms with Crippen LogP contribution in [0.15, 0.2) is 67.0 Å². The lowest BCUT2D eigenvalue weighted by Gasteiger charge is -2.24. The zero-order valence-corrected chi connectivity index (χ0v) is 13.9. The van der Waals surface area contributed by atoms with Crippen molar-refractivity contribution in [1.82, 2.24) is 25.0 Å². The van der Waals surface area contributed by atoms with Crippen molar-refractivity contribution in [3.05, 3.63) is 72.6 Å². The maximum absolute atomic E-state index is 4.53. The number of benzene rings is 2. The summed E-state index contributed by atoms with van der Waals surface area (Å²) in [6.45, 7) is 3.43. The van der Waals surface area contributed by atoms with E-state index in [2.05, 4.69) is 49.4 Å². The summed E-state index contributed by atoms with van der Waals surface area (Å²) < 4.78 is 1.78. The van der Waals surface area contributed by atoms with Gasteiger partial charge in [-0.05, 0) is 24.6 Å². The molecule has 2 heterocycles. The number of rotatable bonds is 5. The van der Waals surface area contributed by atoms with Gasteiger partial charge in [0, 0.05) is 18.8 Å². The number of anilines is 2. The van der Waals surface area contributed by atoms with Gasteiger partial charge in [0.05, 0.1) is 0 Å². The molecule has 6 nitrogen and oxygen atoms in total. The Morgan fingerprint density at radius 2 is 1.64 bits per heavy atom. The Morgan fingerprint density at radius 3 is 2.36 bits per heavy atom. The first-order chi connectivity index (χ1) is 12.4. The van der Waals surface area contributed by atoms with Gasteiger partial charge >= 0.3 is 0 Å². The predicted molar refractivity (Wildman–Crippen MR) is 97.5 cm³/mol. The molecule has 0 aliphatic heterocycles. The molecular formula is C19H18N6. The monoisotopic (exact) mass is 330 g/mol. The maximum Gasteiger partial charge on any atom is 0.183 e. The fourth-order valence-corrected chi connectivity index (χ4v) is 2.85. The van der Waals surface area contributed by atoms with E-state index in [0.29, 0.717) is 12.1 Å². The van der Waals surface area contributed by atoms with E-state index < -0.39 is 0 Å². The maximum atomic E-state index is 4.53. The molecule has 0 radical (unpaired) electrons. The summed E-state index contributed by atoms with van der Waals surface area (Å²) in [6.07, 6.45) is 1.58. The summed E-state index contributed by atoms with van der Waals surface area (Å²) in [5.41, 5.74) is 3.71. The second-order valence-electron chi connectivity index (χ2n) is 5.68. The molecule has 0 amide bonds. The van der Waals surface area contributed by atoms with E-state index in [9.17, 15) is 0 Å². The number of aryl methyl sites for hydroxylation is 1. The molecule has 0 unspecified atom stereocenters. The molecule has 0 atom stereocenters.